The normalized spacial score (nSPS) is 20.3. The number of H-pyrrole nitrogens is 1. The summed E-state index contributed by atoms with van der Waals surface area (Å²) in [6.07, 6.45) is 4.79. The van der Waals surface area contributed by atoms with Crippen LogP contribution in [0, 0.1) is 0 Å². The maximum Gasteiger partial charge on any atom is 0.243 e. The number of rotatable bonds is 4. The maximum absolute atomic E-state index is 12.0. The van der Waals surface area contributed by atoms with Gasteiger partial charge in [-0.05, 0) is 32.9 Å². The van der Waals surface area contributed by atoms with Crippen LogP contribution in [0.4, 0.5) is 0 Å². The second kappa shape index (κ2) is 5.14. The van der Waals surface area contributed by atoms with Crippen molar-refractivity contribution in [3.8, 4) is 0 Å². The lowest BCUT2D eigenvalue weighted by Gasteiger charge is -2.31. The molecule has 2 heterocycles. The Morgan fingerprint density at radius 3 is 2.71 bits per heavy atom. The summed E-state index contributed by atoms with van der Waals surface area (Å²) in [6, 6.07) is 0.0328. The molecule has 96 valence electrons. The SMILES string of the molecule is CC(CS(=O)(=O)c1ncn[nH]1)N1CCCCC1. The fraction of sp³-hybridized carbons (Fsp3) is 0.800. The number of hydrogen-bond donors (Lipinski definition) is 1. The Bertz CT molecular complexity index is 437. The lowest BCUT2D eigenvalue weighted by molar-refractivity contribution is 0.186. The molecule has 1 aliphatic heterocycles. The van der Waals surface area contributed by atoms with Gasteiger partial charge in [0.15, 0.2) is 0 Å². The van der Waals surface area contributed by atoms with Crippen molar-refractivity contribution >= 4 is 9.84 Å². The quantitative estimate of drug-likeness (QED) is 0.848. The van der Waals surface area contributed by atoms with Gasteiger partial charge in [0.25, 0.3) is 0 Å². The third-order valence-electron chi connectivity index (χ3n) is 3.16. The highest BCUT2D eigenvalue weighted by Crippen LogP contribution is 2.15. The number of nitrogens with one attached hydrogen (secondary N) is 1. The molecule has 7 heteroatoms. The van der Waals surface area contributed by atoms with E-state index in [2.05, 4.69) is 20.1 Å². The van der Waals surface area contributed by atoms with Gasteiger partial charge in [-0.15, -0.1) is 0 Å². The second-order valence-electron chi connectivity index (χ2n) is 4.52. The molecular weight excluding hydrogens is 240 g/mol. The van der Waals surface area contributed by atoms with Gasteiger partial charge < -0.3 is 0 Å². The second-order valence-corrected chi connectivity index (χ2v) is 6.47. The van der Waals surface area contributed by atoms with Crippen LogP contribution in [0.25, 0.3) is 0 Å². The molecule has 0 spiro atoms. The summed E-state index contributed by atoms with van der Waals surface area (Å²) in [5.74, 6) is 0.0994. The molecule has 1 aliphatic rings. The summed E-state index contributed by atoms with van der Waals surface area (Å²) in [5.41, 5.74) is 0. The zero-order chi connectivity index (χ0) is 12.3. The fourth-order valence-corrected chi connectivity index (χ4v) is 3.61. The Morgan fingerprint density at radius 1 is 1.41 bits per heavy atom. The van der Waals surface area contributed by atoms with Crippen molar-refractivity contribution in [2.75, 3.05) is 18.8 Å². The van der Waals surface area contributed by atoms with Gasteiger partial charge in [0, 0.05) is 6.04 Å². The summed E-state index contributed by atoms with van der Waals surface area (Å²) < 4.78 is 24.0. The summed E-state index contributed by atoms with van der Waals surface area (Å²) in [4.78, 5) is 5.95. The third-order valence-corrected chi connectivity index (χ3v) is 4.87. The molecule has 17 heavy (non-hydrogen) atoms. The topological polar surface area (TPSA) is 79.0 Å². The molecule has 0 saturated carbocycles. The fourth-order valence-electron chi connectivity index (χ4n) is 2.21. The molecule has 6 nitrogen and oxygen atoms in total. The van der Waals surface area contributed by atoms with Crippen LogP contribution in [0.15, 0.2) is 11.5 Å². The van der Waals surface area contributed by atoms with Crippen LogP contribution in [0.3, 0.4) is 0 Å². The number of hydrogen-bond acceptors (Lipinski definition) is 5. The van der Waals surface area contributed by atoms with E-state index in [-0.39, 0.29) is 17.0 Å². The van der Waals surface area contributed by atoms with Gasteiger partial charge in [-0.3, -0.25) is 10.00 Å². The standard InChI is InChI=1S/C10H18N4O2S/c1-9(14-5-3-2-4-6-14)7-17(15,16)10-11-8-12-13-10/h8-9H,2-7H2,1H3,(H,11,12,13). The van der Waals surface area contributed by atoms with E-state index in [9.17, 15) is 8.42 Å². The molecule has 1 fully saturated rings. The van der Waals surface area contributed by atoms with Crippen molar-refractivity contribution in [2.24, 2.45) is 0 Å². The van der Waals surface area contributed by atoms with Crippen LogP contribution in [-0.4, -0.2) is 53.4 Å². The summed E-state index contributed by atoms with van der Waals surface area (Å²) in [7, 11) is -3.34. The maximum atomic E-state index is 12.0. The lowest BCUT2D eigenvalue weighted by atomic mass is 10.1. The third kappa shape index (κ3) is 3.04. The van der Waals surface area contributed by atoms with Gasteiger partial charge in [-0.25, -0.2) is 13.4 Å². The highest BCUT2D eigenvalue weighted by atomic mass is 32.2. The van der Waals surface area contributed by atoms with Crippen LogP contribution in [0.5, 0.6) is 0 Å². The van der Waals surface area contributed by atoms with E-state index in [1.807, 2.05) is 6.92 Å². The monoisotopic (exact) mass is 258 g/mol. The van der Waals surface area contributed by atoms with Gasteiger partial charge >= 0.3 is 0 Å². The number of piperidine rings is 1. The largest absolute Gasteiger partial charge is 0.300 e. The minimum Gasteiger partial charge on any atom is -0.300 e. The zero-order valence-electron chi connectivity index (χ0n) is 9.96. The van der Waals surface area contributed by atoms with Crippen molar-refractivity contribution in [2.45, 2.75) is 37.4 Å². The first-order valence-electron chi connectivity index (χ1n) is 5.92. The number of aromatic nitrogens is 3. The molecule has 0 bridgehead atoms. The molecule has 1 aromatic heterocycles. The summed E-state index contributed by atoms with van der Waals surface area (Å²) in [6.45, 7) is 3.94. The summed E-state index contributed by atoms with van der Waals surface area (Å²) in [5, 5.41) is 5.97. The van der Waals surface area contributed by atoms with E-state index in [0.29, 0.717) is 0 Å². The lowest BCUT2D eigenvalue weighted by Crippen LogP contribution is -2.41. The van der Waals surface area contributed by atoms with Crippen molar-refractivity contribution in [1.82, 2.24) is 20.1 Å². The molecule has 1 aromatic rings. The minimum atomic E-state index is -3.34. The first kappa shape index (κ1) is 12.5. The van der Waals surface area contributed by atoms with E-state index in [1.54, 1.807) is 0 Å². The Kier molecular flexibility index (Phi) is 3.78. The number of likely N-dealkylation sites (tertiary alicyclic amines) is 1. The minimum absolute atomic E-state index is 0.0265. The van der Waals surface area contributed by atoms with E-state index >= 15 is 0 Å². The van der Waals surface area contributed by atoms with Crippen LogP contribution < -0.4 is 0 Å². The van der Waals surface area contributed by atoms with Gasteiger partial charge in [0.1, 0.15) is 6.33 Å². The van der Waals surface area contributed by atoms with Gasteiger partial charge in [-0.1, -0.05) is 6.42 Å². The van der Waals surface area contributed by atoms with E-state index < -0.39 is 9.84 Å². The predicted octanol–water partition coefficient (Wildman–Crippen LogP) is 0.453. The smallest absolute Gasteiger partial charge is 0.243 e. The highest BCUT2D eigenvalue weighted by molar-refractivity contribution is 7.91. The van der Waals surface area contributed by atoms with Gasteiger partial charge in [0.05, 0.1) is 5.75 Å². The molecule has 2 rings (SSSR count). The average Bonchev–Trinajstić information content (AvgIpc) is 2.84. The van der Waals surface area contributed by atoms with Crippen molar-refractivity contribution in [1.29, 1.82) is 0 Å². The number of nitrogens with zero attached hydrogens (tertiary/aromatic N) is 3. The molecule has 1 saturated heterocycles. The van der Waals surface area contributed by atoms with Crippen LogP contribution in [-0.2, 0) is 9.84 Å². The first-order chi connectivity index (χ1) is 8.09. The van der Waals surface area contributed by atoms with E-state index in [4.69, 9.17) is 0 Å². The molecule has 1 N–H and O–H groups in total. The molecule has 0 radical (unpaired) electrons. The molecule has 0 amide bonds. The zero-order valence-corrected chi connectivity index (χ0v) is 10.8. The predicted molar refractivity (Wildman–Crippen MR) is 63.3 cm³/mol. The van der Waals surface area contributed by atoms with Crippen LogP contribution in [0.1, 0.15) is 26.2 Å². The molecule has 1 atom stereocenters. The average molecular weight is 258 g/mol. The Labute approximate surface area is 101 Å². The van der Waals surface area contributed by atoms with Gasteiger partial charge in [-0.2, -0.15) is 5.10 Å². The molecule has 1 unspecified atom stereocenters. The van der Waals surface area contributed by atoms with Crippen LogP contribution in [0.2, 0.25) is 0 Å². The summed E-state index contributed by atoms with van der Waals surface area (Å²) >= 11 is 0. The first-order valence-corrected chi connectivity index (χ1v) is 7.57. The Morgan fingerprint density at radius 2 is 2.12 bits per heavy atom. The molecular formula is C10H18N4O2S. The van der Waals surface area contributed by atoms with E-state index in [0.717, 1.165) is 25.9 Å². The van der Waals surface area contributed by atoms with Crippen molar-refractivity contribution < 1.29 is 8.42 Å². The molecule has 0 aromatic carbocycles. The number of sulfone groups is 1. The molecule has 0 aliphatic carbocycles. The highest BCUT2D eigenvalue weighted by Gasteiger charge is 2.25. The van der Waals surface area contributed by atoms with Crippen molar-refractivity contribution in [3.63, 3.8) is 0 Å². The Hall–Kier alpha value is -0.950. The van der Waals surface area contributed by atoms with Gasteiger partial charge in [0.2, 0.25) is 15.0 Å². The van der Waals surface area contributed by atoms with Crippen molar-refractivity contribution in [3.05, 3.63) is 6.33 Å². The van der Waals surface area contributed by atoms with Crippen LogP contribution >= 0.6 is 0 Å². The van der Waals surface area contributed by atoms with E-state index in [1.165, 1.54) is 12.7 Å². The Balaban J connectivity index is 2.00. The number of aromatic amines is 1.